The Balaban J connectivity index is 1.56. The molecule has 0 spiro atoms. The summed E-state index contributed by atoms with van der Waals surface area (Å²) in [7, 11) is 0. The molecule has 1 fully saturated rings. The number of furan rings is 1. The van der Waals surface area contributed by atoms with Gasteiger partial charge >= 0.3 is 0 Å². The zero-order valence-electron chi connectivity index (χ0n) is 14.7. The molecule has 1 aromatic carbocycles. The third kappa shape index (κ3) is 3.21. The lowest BCUT2D eigenvalue weighted by Crippen LogP contribution is -2.37. The van der Waals surface area contributed by atoms with E-state index in [2.05, 4.69) is 17.2 Å². The number of rotatable bonds is 3. The minimum Gasteiger partial charge on any atom is -0.464 e. The highest BCUT2D eigenvalue weighted by atomic mass is 19.1. The number of amides is 1. The molecule has 1 aliphatic rings. The number of carbonyl (C=O) groups excluding carboxylic acids is 1. The molecular weight excluding hydrogens is 331 g/mol. The van der Waals surface area contributed by atoms with Gasteiger partial charge in [0.1, 0.15) is 11.4 Å². The van der Waals surface area contributed by atoms with Crippen LogP contribution < -0.4 is 5.32 Å². The first-order valence-corrected chi connectivity index (χ1v) is 9.05. The summed E-state index contributed by atoms with van der Waals surface area (Å²) in [6.45, 7) is 2.24. The molecule has 0 bridgehead atoms. The Bertz CT molecular complexity index is 942. The molecule has 4 nitrogen and oxygen atoms in total. The zero-order valence-corrected chi connectivity index (χ0v) is 14.7. The summed E-state index contributed by atoms with van der Waals surface area (Å²) < 4.78 is 20.1. The van der Waals surface area contributed by atoms with Crippen molar-refractivity contribution in [2.45, 2.75) is 38.6 Å². The Morgan fingerprint density at radius 1 is 1.19 bits per heavy atom. The molecule has 0 atom stereocenters. The van der Waals surface area contributed by atoms with Crippen LogP contribution in [-0.2, 0) is 0 Å². The highest BCUT2D eigenvalue weighted by molar-refractivity contribution is 5.96. The number of nitrogens with zero attached hydrogens (tertiary/aromatic N) is 1. The van der Waals surface area contributed by atoms with Gasteiger partial charge in [-0.2, -0.15) is 0 Å². The van der Waals surface area contributed by atoms with E-state index in [9.17, 15) is 9.18 Å². The number of aromatic nitrogens is 1. The van der Waals surface area contributed by atoms with Crippen molar-refractivity contribution in [2.24, 2.45) is 5.92 Å². The van der Waals surface area contributed by atoms with Crippen molar-refractivity contribution in [3.8, 4) is 11.3 Å². The number of pyridine rings is 1. The van der Waals surface area contributed by atoms with Crippen LogP contribution in [0.3, 0.4) is 0 Å². The molecule has 1 saturated carbocycles. The fourth-order valence-corrected chi connectivity index (χ4v) is 3.63. The van der Waals surface area contributed by atoms with E-state index in [1.807, 2.05) is 0 Å². The van der Waals surface area contributed by atoms with E-state index in [0.29, 0.717) is 22.4 Å². The predicted molar refractivity (Wildman–Crippen MR) is 98.3 cm³/mol. The molecular formula is C21H21FN2O2. The van der Waals surface area contributed by atoms with Gasteiger partial charge in [0.15, 0.2) is 0 Å². The summed E-state index contributed by atoms with van der Waals surface area (Å²) in [5, 5.41) is 3.78. The Kier molecular flexibility index (Phi) is 4.45. The monoisotopic (exact) mass is 352 g/mol. The largest absolute Gasteiger partial charge is 0.464 e. The van der Waals surface area contributed by atoms with Crippen LogP contribution in [0.4, 0.5) is 4.39 Å². The van der Waals surface area contributed by atoms with Gasteiger partial charge in [-0.3, -0.25) is 9.78 Å². The minimum atomic E-state index is -0.462. The second-order valence-corrected chi connectivity index (χ2v) is 7.12. The molecule has 1 amide bonds. The smallest absolute Gasteiger partial charge is 0.251 e. The normalized spacial score (nSPS) is 20.2. The number of carbonyl (C=O) groups is 1. The quantitative estimate of drug-likeness (QED) is 0.726. The van der Waals surface area contributed by atoms with Crippen LogP contribution in [0.2, 0.25) is 0 Å². The van der Waals surface area contributed by atoms with Crippen molar-refractivity contribution in [1.29, 1.82) is 0 Å². The molecule has 3 aromatic rings. The molecule has 0 aliphatic heterocycles. The molecule has 0 saturated heterocycles. The average Bonchev–Trinajstić information content (AvgIpc) is 3.12. The van der Waals surface area contributed by atoms with Gasteiger partial charge in [-0.05, 0) is 61.9 Å². The maximum absolute atomic E-state index is 14.7. The van der Waals surface area contributed by atoms with Crippen LogP contribution in [0.15, 0.2) is 47.2 Å². The Morgan fingerprint density at radius 3 is 2.77 bits per heavy atom. The van der Waals surface area contributed by atoms with Crippen LogP contribution in [0.1, 0.15) is 43.0 Å². The van der Waals surface area contributed by atoms with Crippen molar-refractivity contribution in [3.05, 3.63) is 54.2 Å². The Hall–Kier alpha value is -2.69. The van der Waals surface area contributed by atoms with Crippen LogP contribution in [0.5, 0.6) is 0 Å². The summed E-state index contributed by atoms with van der Waals surface area (Å²) >= 11 is 0. The highest BCUT2D eigenvalue weighted by Crippen LogP contribution is 2.30. The summed E-state index contributed by atoms with van der Waals surface area (Å²) in [6.07, 6.45) is 7.36. The molecule has 0 unspecified atom stereocenters. The lowest BCUT2D eigenvalue weighted by molar-refractivity contribution is 0.0922. The van der Waals surface area contributed by atoms with Crippen molar-refractivity contribution in [1.82, 2.24) is 10.3 Å². The van der Waals surface area contributed by atoms with E-state index in [1.165, 1.54) is 6.07 Å². The number of hydrogen-bond donors (Lipinski definition) is 1. The standard InChI is InChI=1S/C21H21FN2O2/c1-13-2-5-15(6-3-13)24-21(25)14-4-7-16(18(22)12-14)20-17-9-11-26-19(17)8-10-23-20/h4,7-13,15H,2-3,5-6H2,1H3,(H,24,25). The van der Waals surface area contributed by atoms with Gasteiger partial charge in [0, 0.05) is 28.8 Å². The summed E-state index contributed by atoms with van der Waals surface area (Å²) in [6, 6.07) is 8.24. The number of hydrogen-bond acceptors (Lipinski definition) is 3. The van der Waals surface area contributed by atoms with E-state index in [1.54, 1.807) is 36.7 Å². The SMILES string of the molecule is CC1CCC(NC(=O)c2ccc(-c3nccc4occc34)c(F)c2)CC1. The molecule has 4 rings (SSSR count). The van der Waals surface area contributed by atoms with Gasteiger partial charge in [-0.25, -0.2) is 4.39 Å². The first-order chi connectivity index (χ1) is 12.6. The van der Waals surface area contributed by atoms with Gasteiger partial charge < -0.3 is 9.73 Å². The van der Waals surface area contributed by atoms with Crippen molar-refractivity contribution in [3.63, 3.8) is 0 Å². The zero-order chi connectivity index (χ0) is 18.1. The van der Waals surface area contributed by atoms with Gasteiger partial charge in [0.25, 0.3) is 5.91 Å². The first-order valence-electron chi connectivity index (χ1n) is 9.05. The lowest BCUT2D eigenvalue weighted by atomic mass is 9.87. The number of halogens is 1. The Morgan fingerprint density at radius 2 is 2.00 bits per heavy atom. The molecule has 1 N–H and O–H groups in total. The van der Waals surface area contributed by atoms with Gasteiger partial charge in [0.2, 0.25) is 0 Å². The van der Waals surface area contributed by atoms with Gasteiger partial charge in [-0.1, -0.05) is 6.92 Å². The second-order valence-electron chi connectivity index (χ2n) is 7.12. The molecule has 5 heteroatoms. The number of fused-ring (bicyclic) bond motifs is 1. The van der Waals surface area contributed by atoms with E-state index in [0.717, 1.165) is 37.0 Å². The highest BCUT2D eigenvalue weighted by Gasteiger charge is 2.21. The molecule has 2 aromatic heterocycles. The predicted octanol–water partition coefficient (Wildman–Crippen LogP) is 4.94. The molecule has 0 radical (unpaired) electrons. The number of nitrogens with one attached hydrogen (secondary N) is 1. The first kappa shape index (κ1) is 16.8. The van der Waals surface area contributed by atoms with Crippen LogP contribution in [0, 0.1) is 11.7 Å². The fourth-order valence-electron chi connectivity index (χ4n) is 3.63. The molecule has 2 heterocycles. The van der Waals surface area contributed by atoms with Gasteiger partial charge in [-0.15, -0.1) is 0 Å². The Labute approximate surface area is 151 Å². The molecule has 1 aliphatic carbocycles. The van der Waals surface area contributed by atoms with E-state index < -0.39 is 5.82 Å². The summed E-state index contributed by atoms with van der Waals surface area (Å²) in [5.74, 6) is 0.0404. The third-order valence-electron chi connectivity index (χ3n) is 5.22. The molecule has 26 heavy (non-hydrogen) atoms. The summed E-state index contributed by atoms with van der Waals surface area (Å²) in [5.41, 5.74) is 1.87. The van der Waals surface area contributed by atoms with Crippen LogP contribution >= 0.6 is 0 Å². The van der Waals surface area contributed by atoms with Crippen molar-refractivity contribution >= 4 is 16.9 Å². The maximum atomic E-state index is 14.7. The van der Waals surface area contributed by atoms with Crippen molar-refractivity contribution < 1.29 is 13.6 Å². The fraction of sp³-hybridized carbons (Fsp3) is 0.333. The topological polar surface area (TPSA) is 55.1 Å². The molecule has 134 valence electrons. The van der Waals surface area contributed by atoms with Gasteiger partial charge in [0.05, 0.1) is 12.0 Å². The van der Waals surface area contributed by atoms with E-state index in [-0.39, 0.29) is 11.9 Å². The number of benzene rings is 1. The summed E-state index contributed by atoms with van der Waals surface area (Å²) in [4.78, 5) is 16.7. The van der Waals surface area contributed by atoms with E-state index in [4.69, 9.17) is 4.42 Å². The minimum absolute atomic E-state index is 0.183. The van der Waals surface area contributed by atoms with Crippen LogP contribution in [0.25, 0.3) is 22.2 Å². The third-order valence-corrected chi connectivity index (χ3v) is 5.22. The second kappa shape index (κ2) is 6.90. The lowest BCUT2D eigenvalue weighted by Gasteiger charge is -2.26. The average molecular weight is 352 g/mol. The van der Waals surface area contributed by atoms with Crippen LogP contribution in [-0.4, -0.2) is 16.9 Å². The maximum Gasteiger partial charge on any atom is 0.251 e. The van der Waals surface area contributed by atoms with E-state index >= 15 is 0 Å². The van der Waals surface area contributed by atoms with Crippen molar-refractivity contribution in [2.75, 3.05) is 0 Å².